The van der Waals surface area contributed by atoms with Gasteiger partial charge < -0.3 is 0 Å². The maximum atomic E-state index is 5.11. The van der Waals surface area contributed by atoms with Gasteiger partial charge in [0.2, 0.25) is 0 Å². The Hall–Kier alpha value is -6.25. The minimum atomic E-state index is 0.984. The molecule has 0 N–H and O–H groups in total. The SMILES string of the molecule is C1=Cc2ccc(-c3c4ccccc4c(-c4ccccc4)c4cc(-c5ccc(-n6c(-c7ccccc7)nc7c6CCC=C7)cc5)ccc34)cc2CC1. The van der Waals surface area contributed by atoms with Crippen LogP contribution in [0.25, 0.3) is 84.2 Å². The Kier molecular flexibility index (Phi) is 7.13. The second-order valence-corrected chi connectivity index (χ2v) is 13.7. The van der Waals surface area contributed by atoms with Crippen molar-refractivity contribution in [1.29, 1.82) is 0 Å². The fourth-order valence-electron chi connectivity index (χ4n) is 8.30. The highest BCUT2D eigenvalue weighted by molar-refractivity contribution is 6.22. The molecule has 0 unspecified atom stereocenters. The lowest BCUT2D eigenvalue weighted by Gasteiger charge is -2.20. The summed E-state index contributed by atoms with van der Waals surface area (Å²) in [5.74, 6) is 0.996. The fraction of sp³-hybridized carbons (Fsp3) is 0.0816. The minimum absolute atomic E-state index is 0.984. The van der Waals surface area contributed by atoms with E-state index in [1.165, 1.54) is 71.7 Å². The highest BCUT2D eigenvalue weighted by atomic mass is 15.1. The maximum Gasteiger partial charge on any atom is 0.145 e. The number of imidazole rings is 1. The van der Waals surface area contributed by atoms with Crippen LogP contribution in [0.1, 0.15) is 35.4 Å². The minimum Gasteiger partial charge on any atom is -0.296 e. The number of aryl methyl sites for hydroxylation is 1. The first kappa shape index (κ1) is 29.6. The van der Waals surface area contributed by atoms with Crippen molar-refractivity contribution >= 4 is 33.7 Å². The second kappa shape index (κ2) is 12.3. The number of benzene rings is 7. The van der Waals surface area contributed by atoms with E-state index in [4.69, 9.17) is 4.98 Å². The van der Waals surface area contributed by atoms with E-state index >= 15 is 0 Å². The van der Waals surface area contributed by atoms with Crippen LogP contribution in [0, 0.1) is 0 Å². The molecule has 1 heterocycles. The first-order valence-electron chi connectivity index (χ1n) is 18.1. The summed E-state index contributed by atoms with van der Waals surface area (Å²) in [4.78, 5) is 5.11. The summed E-state index contributed by atoms with van der Waals surface area (Å²) in [6, 6.07) is 53.6. The van der Waals surface area contributed by atoms with Crippen LogP contribution in [-0.4, -0.2) is 9.55 Å². The molecule has 0 saturated carbocycles. The quantitative estimate of drug-likeness (QED) is 0.169. The van der Waals surface area contributed by atoms with E-state index in [0.29, 0.717) is 0 Å². The zero-order valence-corrected chi connectivity index (χ0v) is 28.4. The summed E-state index contributed by atoms with van der Waals surface area (Å²) in [6.07, 6.45) is 13.2. The van der Waals surface area contributed by atoms with Gasteiger partial charge in [0.15, 0.2) is 0 Å². The number of fused-ring (bicyclic) bond motifs is 4. The molecule has 2 aliphatic rings. The summed E-state index contributed by atoms with van der Waals surface area (Å²) >= 11 is 0. The van der Waals surface area contributed by atoms with Gasteiger partial charge in [-0.15, -0.1) is 0 Å². The van der Waals surface area contributed by atoms with E-state index in [-0.39, 0.29) is 0 Å². The Bertz CT molecular complexity index is 2660. The van der Waals surface area contributed by atoms with Crippen LogP contribution in [0.15, 0.2) is 158 Å². The lowest BCUT2D eigenvalue weighted by atomic mass is 9.84. The Balaban J connectivity index is 1.16. The molecule has 10 rings (SSSR count). The highest BCUT2D eigenvalue weighted by Crippen LogP contribution is 2.45. The molecule has 2 nitrogen and oxygen atoms in total. The van der Waals surface area contributed by atoms with Crippen molar-refractivity contribution in [2.75, 3.05) is 0 Å². The van der Waals surface area contributed by atoms with E-state index in [0.717, 1.165) is 48.5 Å². The fourth-order valence-corrected chi connectivity index (χ4v) is 8.30. The van der Waals surface area contributed by atoms with Crippen LogP contribution in [0.3, 0.4) is 0 Å². The van der Waals surface area contributed by atoms with Crippen LogP contribution in [0.2, 0.25) is 0 Å². The summed E-state index contributed by atoms with van der Waals surface area (Å²) in [6.45, 7) is 0. The van der Waals surface area contributed by atoms with Gasteiger partial charge in [0.05, 0.1) is 11.4 Å². The van der Waals surface area contributed by atoms with Gasteiger partial charge in [0.25, 0.3) is 0 Å². The van der Waals surface area contributed by atoms with Crippen molar-refractivity contribution in [2.24, 2.45) is 0 Å². The number of allylic oxidation sites excluding steroid dienone is 2. The van der Waals surface area contributed by atoms with Gasteiger partial charge in [-0.3, -0.25) is 4.57 Å². The molecule has 0 bridgehead atoms. The lowest BCUT2D eigenvalue weighted by molar-refractivity contribution is 0.878. The first-order valence-corrected chi connectivity index (χ1v) is 18.1. The molecule has 2 heteroatoms. The standard InChI is InChI=1S/C49H36N2/c1-3-14-35(15-4-1)47-41-19-9-10-20-42(41)48(39-24-23-33-13-7-8-18-37(33)31-39)43-30-27-38(32-44(43)47)34-25-28-40(29-26-34)51-46-22-12-11-21-45(46)50-49(51)36-16-5-2-6-17-36/h1-7,9-11,13-17,19-21,23-32H,8,12,18,22H2. The molecule has 2 aliphatic carbocycles. The van der Waals surface area contributed by atoms with Crippen molar-refractivity contribution < 1.29 is 0 Å². The summed E-state index contributed by atoms with van der Waals surface area (Å²) < 4.78 is 2.36. The molecule has 7 aromatic carbocycles. The van der Waals surface area contributed by atoms with Crippen LogP contribution in [-0.2, 0) is 12.8 Å². The number of aromatic nitrogens is 2. The van der Waals surface area contributed by atoms with Gasteiger partial charge >= 0.3 is 0 Å². The average molecular weight is 653 g/mol. The molecule has 0 atom stereocenters. The molecule has 8 aromatic rings. The van der Waals surface area contributed by atoms with Crippen molar-refractivity contribution in [1.82, 2.24) is 9.55 Å². The van der Waals surface area contributed by atoms with Gasteiger partial charge in [-0.1, -0.05) is 146 Å². The number of rotatable bonds is 5. The van der Waals surface area contributed by atoms with E-state index in [2.05, 4.69) is 174 Å². The Morgan fingerprint density at radius 2 is 1.08 bits per heavy atom. The molecule has 0 saturated heterocycles. The van der Waals surface area contributed by atoms with E-state index < -0.39 is 0 Å². The zero-order chi connectivity index (χ0) is 33.7. The highest BCUT2D eigenvalue weighted by Gasteiger charge is 2.21. The Morgan fingerprint density at radius 3 is 1.86 bits per heavy atom. The number of hydrogen-bond donors (Lipinski definition) is 0. The molecule has 0 fully saturated rings. The maximum absolute atomic E-state index is 5.11. The third kappa shape index (κ3) is 5.06. The van der Waals surface area contributed by atoms with E-state index in [1.807, 2.05) is 0 Å². The van der Waals surface area contributed by atoms with Crippen LogP contribution >= 0.6 is 0 Å². The molecule has 242 valence electrons. The van der Waals surface area contributed by atoms with Crippen molar-refractivity contribution in [2.45, 2.75) is 25.7 Å². The molecular weight excluding hydrogens is 617 g/mol. The van der Waals surface area contributed by atoms with Gasteiger partial charge in [-0.25, -0.2) is 4.98 Å². The molecule has 0 spiro atoms. The van der Waals surface area contributed by atoms with Crippen molar-refractivity contribution in [3.63, 3.8) is 0 Å². The smallest absolute Gasteiger partial charge is 0.145 e. The third-order valence-corrected chi connectivity index (χ3v) is 10.7. The topological polar surface area (TPSA) is 17.8 Å². The molecule has 0 aliphatic heterocycles. The summed E-state index contributed by atoms with van der Waals surface area (Å²) in [5, 5.41) is 5.13. The lowest BCUT2D eigenvalue weighted by Crippen LogP contribution is -2.04. The van der Waals surface area contributed by atoms with Crippen molar-refractivity contribution in [3.8, 4) is 50.5 Å². The monoisotopic (exact) mass is 652 g/mol. The third-order valence-electron chi connectivity index (χ3n) is 10.7. The van der Waals surface area contributed by atoms with Crippen LogP contribution < -0.4 is 0 Å². The Morgan fingerprint density at radius 1 is 0.451 bits per heavy atom. The molecule has 51 heavy (non-hydrogen) atoms. The van der Waals surface area contributed by atoms with Crippen molar-refractivity contribution in [3.05, 3.63) is 180 Å². The Labute approximate surface area is 298 Å². The van der Waals surface area contributed by atoms with E-state index in [1.54, 1.807) is 0 Å². The van der Waals surface area contributed by atoms with Gasteiger partial charge in [0.1, 0.15) is 5.82 Å². The van der Waals surface area contributed by atoms with Gasteiger partial charge in [-0.2, -0.15) is 0 Å². The van der Waals surface area contributed by atoms with Crippen LogP contribution in [0.4, 0.5) is 0 Å². The van der Waals surface area contributed by atoms with Gasteiger partial charge in [0, 0.05) is 11.3 Å². The molecule has 1 aromatic heterocycles. The van der Waals surface area contributed by atoms with Gasteiger partial charge in [-0.05, 0) is 116 Å². The molecule has 0 amide bonds. The summed E-state index contributed by atoms with van der Waals surface area (Å²) in [5.41, 5.74) is 14.9. The number of hydrogen-bond acceptors (Lipinski definition) is 1. The second-order valence-electron chi connectivity index (χ2n) is 13.7. The molecule has 0 radical (unpaired) electrons. The predicted octanol–water partition coefficient (Wildman–Crippen LogP) is 12.8. The van der Waals surface area contributed by atoms with Crippen LogP contribution in [0.5, 0.6) is 0 Å². The predicted molar refractivity (Wildman–Crippen MR) is 215 cm³/mol. The number of nitrogens with zero attached hydrogens (tertiary/aromatic N) is 2. The zero-order valence-electron chi connectivity index (χ0n) is 28.4. The normalized spacial score (nSPS) is 13.4. The summed E-state index contributed by atoms with van der Waals surface area (Å²) in [7, 11) is 0. The molecular formula is C49H36N2. The largest absolute Gasteiger partial charge is 0.296 e. The average Bonchev–Trinajstić information content (AvgIpc) is 3.60. The first-order chi connectivity index (χ1) is 25.3. The van der Waals surface area contributed by atoms with E-state index in [9.17, 15) is 0 Å².